The fourth-order valence-electron chi connectivity index (χ4n) is 1.32. The van der Waals surface area contributed by atoms with E-state index in [-0.39, 0.29) is 0 Å². The summed E-state index contributed by atoms with van der Waals surface area (Å²) in [5, 5.41) is 10.6. The van der Waals surface area contributed by atoms with Crippen molar-refractivity contribution in [2.75, 3.05) is 6.54 Å². The van der Waals surface area contributed by atoms with Crippen LogP contribution in [0.5, 0.6) is 0 Å². The summed E-state index contributed by atoms with van der Waals surface area (Å²) in [7, 11) is 0. The van der Waals surface area contributed by atoms with E-state index in [1.807, 2.05) is 6.92 Å². The summed E-state index contributed by atoms with van der Waals surface area (Å²) >= 11 is 0. The summed E-state index contributed by atoms with van der Waals surface area (Å²) in [4.78, 5) is 10.1. The molecule has 1 unspecified atom stereocenters. The van der Waals surface area contributed by atoms with Gasteiger partial charge in [-0.1, -0.05) is 25.7 Å². The van der Waals surface area contributed by atoms with Crippen LogP contribution in [-0.2, 0) is 0 Å². The predicted octanol–water partition coefficient (Wildman–Crippen LogP) is 1.94. The topological polar surface area (TPSA) is 75.3 Å². The Morgan fingerprint density at radius 2 is 1.86 bits per heavy atom. The zero-order valence-electron chi connectivity index (χ0n) is 8.96. The van der Waals surface area contributed by atoms with E-state index in [9.17, 15) is 4.79 Å². The lowest BCUT2D eigenvalue weighted by Crippen LogP contribution is -2.21. The summed E-state index contributed by atoms with van der Waals surface area (Å²) in [6.45, 7) is 2.60. The molecule has 0 aromatic heterocycles. The van der Waals surface area contributed by atoms with Crippen molar-refractivity contribution in [1.82, 2.24) is 5.32 Å². The summed E-state index contributed by atoms with van der Waals surface area (Å²) in [6.07, 6.45) is 5.76. The third-order valence-corrected chi connectivity index (χ3v) is 2.11. The average molecular weight is 202 g/mol. The quantitative estimate of drug-likeness (QED) is 0.526. The molecule has 0 aliphatic heterocycles. The third kappa shape index (κ3) is 11.2. The molecule has 4 N–H and O–H groups in total. The Morgan fingerprint density at radius 3 is 2.43 bits per heavy atom. The molecule has 14 heavy (non-hydrogen) atoms. The molecule has 4 nitrogen and oxygen atoms in total. The van der Waals surface area contributed by atoms with Gasteiger partial charge < -0.3 is 16.2 Å². The minimum absolute atomic E-state index is 0.309. The molecule has 0 aliphatic carbocycles. The Hall–Kier alpha value is -0.770. The van der Waals surface area contributed by atoms with Crippen molar-refractivity contribution in [3.05, 3.63) is 0 Å². The minimum Gasteiger partial charge on any atom is -0.465 e. The maximum Gasteiger partial charge on any atom is 0.404 e. The van der Waals surface area contributed by atoms with Gasteiger partial charge in [-0.2, -0.15) is 0 Å². The maximum atomic E-state index is 10.1. The molecule has 1 atom stereocenters. The number of rotatable bonds is 8. The highest BCUT2D eigenvalue weighted by Gasteiger charge is 1.95. The molecule has 1 amide bonds. The molecule has 0 aromatic carbocycles. The molecular formula is C10H22N2O2. The van der Waals surface area contributed by atoms with Crippen molar-refractivity contribution in [2.45, 2.75) is 51.5 Å². The van der Waals surface area contributed by atoms with Gasteiger partial charge in [0.05, 0.1) is 0 Å². The van der Waals surface area contributed by atoms with Crippen molar-refractivity contribution >= 4 is 6.09 Å². The van der Waals surface area contributed by atoms with E-state index in [1.165, 1.54) is 19.3 Å². The van der Waals surface area contributed by atoms with Crippen molar-refractivity contribution in [2.24, 2.45) is 5.73 Å². The van der Waals surface area contributed by atoms with Crippen LogP contribution < -0.4 is 11.1 Å². The van der Waals surface area contributed by atoms with E-state index in [2.05, 4.69) is 5.32 Å². The Kier molecular flexibility index (Phi) is 8.33. The van der Waals surface area contributed by atoms with Gasteiger partial charge in [-0.3, -0.25) is 0 Å². The lowest BCUT2D eigenvalue weighted by Gasteiger charge is -2.04. The maximum absolute atomic E-state index is 10.1. The highest BCUT2D eigenvalue weighted by Crippen LogP contribution is 2.05. The summed E-state index contributed by atoms with van der Waals surface area (Å²) in [5.74, 6) is 0. The number of nitrogens with one attached hydrogen (secondary N) is 1. The number of carboxylic acid groups (broad SMARTS) is 1. The van der Waals surface area contributed by atoms with Gasteiger partial charge in [0.25, 0.3) is 0 Å². The zero-order chi connectivity index (χ0) is 10.8. The van der Waals surface area contributed by atoms with Crippen LogP contribution in [0.3, 0.4) is 0 Å². The van der Waals surface area contributed by atoms with E-state index in [0.717, 1.165) is 19.3 Å². The van der Waals surface area contributed by atoms with Crippen LogP contribution >= 0.6 is 0 Å². The van der Waals surface area contributed by atoms with Gasteiger partial charge >= 0.3 is 6.09 Å². The van der Waals surface area contributed by atoms with Gasteiger partial charge in [-0.25, -0.2) is 4.79 Å². The summed E-state index contributed by atoms with van der Waals surface area (Å²) in [6, 6.07) is 0.309. The largest absolute Gasteiger partial charge is 0.465 e. The molecule has 0 fully saturated rings. The fraction of sp³-hybridized carbons (Fsp3) is 0.900. The molecule has 0 saturated heterocycles. The molecular weight excluding hydrogens is 180 g/mol. The molecule has 0 aromatic rings. The smallest absolute Gasteiger partial charge is 0.404 e. The molecule has 0 saturated carbocycles. The first-order valence-electron chi connectivity index (χ1n) is 5.35. The molecule has 0 heterocycles. The second kappa shape index (κ2) is 8.81. The molecule has 0 radical (unpaired) electrons. The number of unbranched alkanes of at least 4 members (excludes halogenated alkanes) is 4. The van der Waals surface area contributed by atoms with Crippen LogP contribution in [0.1, 0.15) is 45.4 Å². The molecule has 84 valence electrons. The van der Waals surface area contributed by atoms with E-state index in [1.54, 1.807) is 0 Å². The van der Waals surface area contributed by atoms with Gasteiger partial charge in [-0.15, -0.1) is 0 Å². The highest BCUT2D eigenvalue weighted by molar-refractivity contribution is 5.64. The Morgan fingerprint density at radius 1 is 1.29 bits per heavy atom. The SMILES string of the molecule is CC(N)CCCCCCCNC(=O)O. The van der Waals surface area contributed by atoms with Gasteiger partial charge in [-0.05, 0) is 19.8 Å². The fourth-order valence-corrected chi connectivity index (χ4v) is 1.32. The number of carbonyl (C=O) groups is 1. The Balaban J connectivity index is 2.96. The van der Waals surface area contributed by atoms with Crippen LogP contribution in [0, 0.1) is 0 Å². The van der Waals surface area contributed by atoms with Crippen LogP contribution in [0.15, 0.2) is 0 Å². The van der Waals surface area contributed by atoms with Crippen molar-refractivity contribution < 1.29 is 9.90 Å². The second-order valence-electron chi connectivity index (χ2n) is 3.77. The first-order chi connectivity index (χ1) is 6.63. The first-order valence-corrected chi connectivity index (χ1v) is 5.35. The van der Waals surface area contributed by atoms with E-state index in [0.29, 0.717) is 12.6 Å². The molecule has 4 heteroatoms. The van der Waals surface area contributed by atoms with Gasteiger partial charge in [0, 0.05) is 12.6 Å². The molecule has 0 aliphatic rings. The summed E-state index contributed by atoms with van der Waals surface area (Å²) in [5.41, 5.74) is 5.61. The third-order valence-electron chi connectivity index (χ3n) is 2.11. The van der Waals surface area contributed by atoms with Gasteiger partial charge in [0.15, 0.2) is 0 Å². The molecule has 0 rings (SSSR count). The molecule has 0 bridgehead atoms. The van der Waals surface area contributed by atoms with Crippen molar-refractivity contribution in [1.29, 1.82) is 0 Å². The zero-order valence-corrected chi connectivity index (χ0v) is 8.96. The monoisotopic (exact) mass is 202 g/mol. The number of hydrogen-bond donors (Lipinski definition) is 3. The van der Waals surface area contributed by atoms with Crippen LogP contribution in [0.4, 0.5) is 4.79 Å². The second-order valence-corrected chi connectivity index (χ2v) is 3.77. The van der Waals surface area contributed by atoms with Gasteiger partial charge in [0.2, 0.25) is 0 Å². The van der Waals surface area contributed by atoms with E-state index in [4.69, 9.17) is 10.8 Å². The number of nitrogens with two attached hydrogens (primary N) is 1. The number of hydrogen-bond acceptors (Lipinski definition) is 2. The van der Waals surface area contributed by atoms with Crippen molar-refractivity contribution in [3.63, 3.8) is 0 Å². The average Bonchev–Trinajstić information content (AvgIpc) is 2.08. The first kappa shape index (κ1) is 13.2. The Labute approximate surface area is 85.9 Å². The lowest BCUT2D eigenvalue weighted by atomic mass is 10.1. The standard InChI is InChI=1S/C10H22N2O2/c1-9(11)7-5-3-2-4-6-8-12-10(13)14/h9,12H,2-8,11H2,1H3,(H,13,14). The van der Waals surface area contributed by atoms with E-state index < -0.39 is 6.09 Å². The minimum atomic E-state index is -0.929. The van der Waals surface area contributed by atoms with Crippen LogP contribution in [0.2, 0.25) is 0 Å². The van der Waals surface area contributed by atoms with E-state index >= 15 is 0 Å². The van der Waals surface area contributed by atoms with Crippen LogP contribution in [0.25, 0.3) is 0 Å². The van der Waals surface area contributed by atoms with Crippen LogP contribution in [-0.4, -0.2) is 23.8 Å². The molecule has 0 spiro atoms. The van der Waals surface area contributed by atoms with Gasteiger partial charge in [0.1, 0.15) is 0 Å². The van der Waals surface area contributed by atoms with Crippen molar-refractivity contribution in [3.8, 4) is 0 Å². The number of amides is 1. The predicted molar refractivity (Wildman–Crippen MR) is 57.4 cm³/mol. The Bertz CT molecular complexity index is 149. The normalized spacial score (nSPS) is 12.4. The summed E-state index contributed by atoms with van der Waals surface area (Å²) < 4.78 is 0. The lowest BCUT2D eigenvalue weighted by molar-refractivity contribution is 0.194. The highest BCUT2D eigenvalue weighted by atomic mass is 16.4.